The van der Waals surface area contributed by atoms with Crippen molar-refractivity contribution in [2.45, 2.75) is 0 Å². The summed E-state index contributed by atoms with van der Waals surface area (Å²) in [6, 6.07) is 5.88. The molecule has 1 heterocycles. The first-order chi connectivity index (χ1) is 9.66. The third kappa shape index (κ3) is 1.97. The second-order valence-electron chi connectivity index (χ2n) is 4.11. The van der Waals surface area contributed by atoms with E-state index in [1.165, 1.54) is 30.6 Å². The van der Waals surface area contributed by atoms with E-state index >= 15 is 0 Å². The highest BCUT2D eigenvalue weighted by Gasteiger charge is 2.28. The van der Waals surface area contributed by atoms with Crippen molar-refractivity contribution in [3.05, 3.63) is 65.6 Å². The number of nitrogens with one attached hydrogen (secondary N) is 1. The summed E-state index contributed by atoms with van der Waals surface area (Å²) in [7, 11) is 0. The Bertz CT molecular complexity index is 756. The molecule has 0 bridgehead atoms. The van der Waals surface area contributed by atoms with Gasteiger partial charge in [-0.25, -0.2) is 14.4 Å². The predicted octanol–water partition coefficient (Wildman–Crippen LogP) is 1.99. The molecule has 1 aliphatic carbocycles. The number of allylic oxidation sites excluding steroid dienone is 2. The van der Waals surface area contributed by atoms with E-state index in [4.69, 9.17) is 0 Å². The molecule has 0 atom stereocenters. The van der Waals surface area contributed by atoms with Crippen molar-refractivity contribution in [1.29, 1.82) is 0 Å². The van der Waals surface area contributed by atoms with Crippen molar-refractivity contribution in [3.8, 4) is 0 Å². The molecule has 0 saturated heterocycles. The van der Waals surface area contributed by atoms with Gasteiger partial charge in [0.25, 0.3) is 0 Å². The van der Waals surface area contributed by atoms with Crippen molar-refractivity contribution in [1.82, 2.24) is 9.97 Å². The van der Waals surface area contributed by atoms with Crippen LogP contribution in [0.1, 0.15) is 21.0 Å². The van der Waals surface area contributed by atoms with Crippen LogP contribution in [0.2, 0.25) is 0 Å². The van der Waals surface area contributed by atoms with Gasteiger partial charge in [0.2, 0.25) is 11.6 Å². The van der Waals surface area contributed by atoms with Gasteiger partial charge in [-0.2, -0.15) is 0 Å². The predicted molar refractivity (Wildman–Crippen MR) is 68.8 cm³/mol. The minimum atomic E-state index is -0.515. The number of benzene rings is 1. The zero-order valence-corrected chi connectivity index (χ0v) is 10.1. The molecular formula is C14H8FN3O2. The van der Waals surface area contributed by atoms with Crippen LogP contribution in [-0.2, 0) is 0 Å². The molecule has 0 aliphatic heterocycles. The second-order valence-corrected chi connectivity index (χ2v) is 4.11. The van der Waals surface area contributed by atoms with Crippen LogP contribution < -0.4 is 5.32 Å². The van der Waals surface area contributed by atoms with E-state index in [1.807, 2.05) is 0 Å². The first-order valence-electron chi connectivity index (χ1n) is 5.80. The number of fused-ring (bicyclic) bond motifs is 1. The fourth-order valence-corrected chi connectivity index (χ4v) is 1.88. The maximum atomic E-state index is 13.6. The molecule has 1 aromatic carbocycles. The normalized spacial score (nSPS) is 13.8. The van der Waals surface area contributed by atoms with Gasteiger partial charge in [0.15, 0.2) is 0 Å². The van der Waals surface area contributed by atoms with Gasteiger partial charge in [-0.3, -0.25) is 9.59 Å². The largest absolute Gasteiger partial charge is 0.350 e. The van der Waals surface area contributed by atoms with Crippen molar-refractivity contribution < 1.29 is 14.0 Å². The van der Waals surface area contributed by atoms with E-state index in [-0.39, 0.29) is 22.8 Å². The third-order valence-electron chi connectivity index (χ3n) is 2.81. The van der Waals surface area contributed by atoms with Gasteiger partial charge in [-0.05, 0) is 12.1 Å². The fourth-order valence-electron chi connectivity index (χ4n) is 1.88. The summed E-state index contributed by atoms with van der Waals surface area (Å²) in [6.45, 7) is 0. The summed E-state index contributed by atoms with van der Waals surface area (Å²) < 4.78 is 13.6. The van der Waals surface area contributed by atoms with E-state index in [0.29, 0.717) is 0 Å². The molecule has 0 amide bonds. The van der Waals surface area contributed by atoms with Crippen LogP contribution in [0, 0.1) is 5.82 Å². The van der Waals surface area contributed by atoms with Gasteiger partial charge in [-0.1, -0.05) is 12.1 Å². The Morgan fingerprint density at radius 3 is 2.45 bits per heavy atom. The lowest BCUT2D eigenvalue weighted by Crippen LogP contribution is -2.24. The highest BCUT2D eigenvalue weighted by Crippen LogP contribution is 2.21. The number of halogens is 1. The monoisotopic (exact) mass is 269 g/mol. The van der Waals surface area contributed by atoms with Crippen molar-refractivity contribution in [2.24, 2.45) is 0 Å². The molecule has 98 valence electrons. The topological polar surface area (TPSA) is 72.0 Å². The van der Waals surface area contributed by atoms with Crippen molar-refractivity contribution >= 4 is 17.3 Å². The van der Waals surface area contributed by atoms with E-state index in [0.717, 1.165) is 6.08 Å². The van der Waals surface area contributed by atoms with Crippen LogP contribution in [-0.4, -0.2) is 21.5 Å². The van der Waals surface area contributed by atoms with Crippen LogP contribution in [0.25, 0.3) is 0 Å². The molecule has 0 unspecified atom stereocenters. The van der Waals surface area contributed by atoms with E-state index in [2.05, 4.69) is 15.3 Å². The zero-order valence-electron chi connectivity index (χ0n) is 10.1. The average molecular weight is 269 g/mol. The van der Waals surface area contributed by atoms with Crippen LogP contribution in [0.15, 0.2) is 48.4 Å². The van der Waals surface area contributed by atoms with Gasteiger partial charge >= 0.3 is 0 Å². The molecule has 0 spiro atoms. The zero-order chi connectivity index (χ0) is 14.1. The molecule has 6 heteroatoms. The van der Waals surface area contributed by atoms with E-state index in [1.54, 1.807) is 6.07 Å². The summed E-state index contributed by atoms with van der Waals surface area (Å²) in [6.07, 6.45) is 3.77. The summed E-state index contributed by atoms with van der Waals surface area (Å²) in [4.78, 5) is 31.7. The number of carbonyl (C=O) groups excluding carboxylic acids is 2. The standard InChI is InChI=1S/C14H8FN3O2/c15-8-3-1-2-4-9(8)18-10-7-11(19)12-13(14(10)20)17-6-5-16-12/h1-7,18H. The lowest BCUT2D eigenvalue weighted by atomic mass is 10.0. The van der Waals surface area contributed by atoms with E-state index in [9.17, 15) is 14.0 Å². The van der Waals surface area contributed by atoms with Crippen LogP contribution >= 0.6 is 0 Å². The number of para-hydroxylation sites is 1. The Morgan fingerprint density at radius 2 is 1.70 bits per heavy atom. The van der Waals surface area contributed by atoms with Crippen LogP contribution in [0.5, 0.6) is 0 Å². The number of rotatable bonds is 2. The molecule has 5 nitrogen and oxygen atoms in total. The Kier molecular flexibility index (Phi) is 2.83. The Balaban J connectivity index is 1.99. The molecule has 2 aromatic rings. The van der Waals surface area contributed by atoms with Gasteiger partial charge < -0.3 is 5.32 Å². The molecule has 0 saturated carbocycles. The highest BCUT2D eigenvalue weighted by molar-refractivity contribution is 6.23. The minimum absolute atomic E-state index is 0.0107. The van der Waals surface area contributed by atoms with Crippen molar-refractivity contribution in [2.75, 3.05) is 5.32 Å². The Labute approximate surface area is 113 Å². The first-order valence-corrected chi connectivity index (χ1v) is 5.80. The molecule has 3 rings (SSSR count). The number of hydrogen-bond acceptors (Lipinski definition) is 5. The third-order valence-corrected chi connectivity index (χ3v) is 2.81. The molecule has 1 N–H and O–H groups in total. The summed E-state index contributed by atoms with van der Waals surface area (Å²) in [5.41, 5.74) is 0.0794. The van der Waals surface area contributed by atoms with Crippen LogP contribution in [0.3, 0.4) is 0 Å². The molecule has 0 radical (unpaired) electrons. The van der Waals surface area contributed by atoms with Gasteiger partial charge in [0.1, 0.15) is 17.2 Å². The Morgan fingerprint density at radius 1 is 1.00 bits per heavy atom. The van der Waals surface area contributed by atoms with Gasteiger partial charge in [0.05, 0.1) is 11.4 Å². The van der Waals surface area contributed by atoms with Gasteiger partial charge in [0, 0.05) is 18.5 Å². The average Bonchev–Trinajstić information content (AvgIpc) is 2.47. The molecule has 1 aliphatic rings. The number of aromatic nitrogens is 2. The highest BCUT2D eigenvalue weighted by atomic mass is 19.1. The molecular weight excluding hydrogens is 261 g/mol. The maximum absolute atomic E-state index is 13.6. The maximum Gasteiger partial charge on any atom is 0.229 e. The smallest absolute Gasteiger partial charge is 0.229 e. The van der Waals surface area contributed by atoms with E-state index < -0.39 is 17.4 Å². The number of carbonyl (C=O) groups is 2. The minimum Gasteiger partial charge on any atom is -0.350 e. The molecule has 20 heavy (non-hydrogen) atoms. The number of Topliss-reactive ketones (excluding diaryl/α,β-unsaturated/α-hetero) is 1. The van der Waals surface area contributed by atoms with Crippen molar-refractivity contribution in [3.63, 3.8) is 0 Å². The fraction of sp³-hybridized carbons (Fsp3) is 0. The summed E-state index contributed by atoms with van der Waals surface area (Å²) in [5.74, 6) is -1.44. The number of anilines is 1. The first kappa shape index (κ1) is 12.2. The summed E-state index contributed by atoms with van der Waals surface area (Å²) in [5, 5.41) is 2.62. The quantitative estimate of drug-likeness (QED) is 0.902. The molecule has 0 fully saturated rings. The number of hydrogen-bond donors (Lipinski definition) is 1. The van der Waals surface area contributed by atoms with Gasteiger partial charge in [-0.15, -0.1) is 0 Å². The summed E-state index contributed by atoms with van der Waals surface area (Å²) >= 11 is 0. The Hall–Kier alpha value is -2.89. The second kappa shape index (κ2) is 4.65. The number of nitrogens with zero attached hydrogens (tertiary/aromatic N) is 2. The number of ketones is 2. The lowest BCUT2D eigenvalue weighted by molar-refractivity contribution is 0.0978. The lowest BCUT2D eigenvalue weighted by Gasteiger charge is -2.15. The SMILES string of the molecule is O=C1C=C(Nc2ccccc2F)C(=O)c2nccnc21. The van der Waals surface area contributed by atoms with Crippen LogP contribution in [0.4, 0.5) is 10.1 Å². The molecule has 1 aromatic heterocycles.